The molecule has 0 N–H and O–H groups in total. The van der Waals surface area contributed by atoms with Gasteiger partial charge in [0.1, 0.15) is 0 Å². The molecule has 2 saturated carbocycles. The predicted octanol–water partition coefficient (Wildman–Crippen LogP) is 3.54. The molecule has 24 heavy (non-hydrogen) atoms. The van der Waals surface area contributed by atoms with Crippen LogP contribution in [0.2, 0.25) is 0 Å². The van der Waals surface area contributed by atoms with Gasteiger partial charge in [0.15, 0.2) is 5.60 Å². The first-order valence-electron chi connectivity index (χ1n) is 9.41. The molecule has 134 valence electrons. The van der Waals surface area contributed by atoms with Gasteiger partial charge >= 0.3 is 5.97 Å². The van der Waals surface area contributed by atoms with Crippen molar-refractivity contribution in [1.29, 1.82) is 0 Å². The number of ether oxygens (including phenoxy) is 1. The molecule has 0 aromatic rings. The van der Waals surface area contributed by atoms with Gasteiger partial charge in [0.2, 0.25) is 0 Å². The lowest BCUT2D eigenvalue weighted by molar-refractivity contribution is -0.174. The fourth-order valence-corrected chi connectivity index (χ4v) is 6.65. The van der Waals surface area contributed by atoms with Gasteiger partial charge in [-0.3, -0.25) is 9.59 Å². The number of carbonyl (C=O) groups is 2. The number of nitrogens with zero attached hydrogens (tertiary/aromatic N) is 1. The quantitative estimate of drug-likeness (QED) is 0.690. The maximum atomic E-state index is 13.7. The van der Waals surface area contributed by atoms with Crippen molar-refractivity contribution in [2.45, 2.75) is 85.3 Å². The third-order valence-corrected chi connectivity index (χ3v) is 8.10. The smallest absolute Gasteiger partial charge is 0.313 e. The van der Waals surface area contributed by atoms with Crippen LogP contribution in [0.1, 0.15) is 73.6 Å². The summed E-state index contributed by atoms with van der Waals surface area (Å²) in [4.78, 5) is 28.3. The van der Waals surface area contributed by atoms with Gasteiger partial charge in [0.05, 0.1) is 5.41 Å². The van der Waals surface area contributed by atoms with Crippen LogP contribution in [0.4, 0.5) is 0 Å². The lowest BCUT2D eigenvalue weighted by atomic mass is 9.65. The molecule has 2 aliphatic carbocycles. The highest BCUT2D eigenvalue weighted by atomic mass is 16.6. The van der Waals surface area contributed by atoms with E-state index in [1.165, 1.54) is 0 Å². The average molecular weight is 333 g/mol. The van der Waals surface area contributed by atoms with Gasteiger partial charge in [0.25, 0.3) is 5.91 Å². The van der Waals surface area contributed by atoms with Gasteiger partial charge < -0.3 is 9.64 Å². The van der Waals surface area contributed by atoms with Gasteiger partial charge in [-0.05, 0) is 49.9 Å². The van der Waals surface area contributed by atoms with Crippen molar-refractivity contribution in [3.8, 4) is 0 Å². The van der Waals surface area contributed by atoms with Crippen LogP contribution in [0.25, 0.3) is 0 Å². The van der Waals surface area contributed by atoms with Crippen LogP contribution in [0.5, 0.6) is 0 Å². The van der Waals surface area contributed by atoms with Gasteiger partial charge in [-0.25, -0.2) is 0 Å². The van der Waals surface area contributed by atoms with Crippen molar-refractivity contribution in [1.82, 2.24) is 4.90 Å². The highest BCUT2D eigenvalue weighted by molar-refractivity contribution is 5.96. The molecule has 2 unspecified atom stereocenters. The summed E-state index contributed by atoms with van der Waals surface area (Å²) in [5.41, 5.74) is -1.44. The second-order valence-corrected chi connectivity index (χ2v) is 10.8. The Kier molecular flexibility index (Phi) is 2.86. The van der Waals surface area contributed by atoms with Crippen molar-refractivity contribution in [2.24, 2.45) is 21.7 Å². The van der Waals surface area contributed by atoms with Crippen molar-refractivity contribution in [3.05, 3.63) is 0 Å². The zero-order valence-electron chi connectivity index (χ0n) is 16.0. The fraction of sp³-hybridized carbons (Fsp3) is 0.900. The molecule has 0 aromatic carbocycles. The van der Waals surface area contributed by atoms with Crippen molar-refractivity contribution < 1.29 is 14.3 Å². The normalized spacial score (nSPS) is 47.8. The zero-order chi connectivity index (χ0) is 17.8. The van der Waals surface area contributed by atoms with Gasteiger partial charge in [-0.15, -0.1) is 0 Å². The Labute approximate surface area is 145 Å². The minimum Gasteiger partial charge on any atom is -0.448 e. The minimum absolute atomic E-state index is 0.0773. The number of esters is 1. The molecule has 4 fully saturated rings. The van der Waals surface area contributed by atoms with Crippen LogP contribution in [0.15, 0.2) is 0 Å². The Balaban J connectivity index is 1.70. The van der Waals surface area contributed by atoms with E-state index in [4.69, 9.17) is 4.74 Å². The molecule has 4 rings (SSSR count). The summed E-state index contributed by atoms with van der Waals surface area (Å²) >= 11 is 0. The second kappa shape index (κ2) is 4.19. The Morgan fingerprint density at radius 2 is 1.75 bits per heavy atom. The molecule has 0 radical (unpaired) electrons. The summed E-state index contributed by atoms with van der Waals surface area (Å²) in [6.45, 7) is 13.8. The van der Waals surface area contributed by atoms with Crippen molar-refractivity contribution >= 4 is 11.9 Å². The number of fused-ring (bicyclic) bond motifs is 4. The third kappa shape index (κ3) is 1.70. The monoisotopic (exact) mass is 333 g/mol. The third-order valence-electron chi connectivity index (χ3n) is 8.10. The van der Waals surface area contributed by atoms with Gasteiger partial charge in [0, 0.05) is 18.0 Å². The number of carbonyl (C=O) groups excluding carboxylic acids is 2. The molecule has 4 heteroatoms. The summed E-state index contributed by atoms with van der Waals surface area (Å²) in [6.07, 6.45) is 4.73. The average Bonchev–Trinajstić information content (AvgIpc) is 2.86. The van der Waals surface area contributed by atoms with Crippen LogP contribution < -0.4 is 0 Å². The Hall–Kier alpha value is -1.06. The number of rotatable bonds is 1. The number of likely N-dealkylation sites (tertiary alicyclic amines) is 1. The van der Waals surface area contributed by atoms with E-state index in [-0.39, 0.29) is 22.7 Å². The van der Waals surface area contributed by atoms with E-state index in [1.54, 1.807) is 0 Å². The zero-order valence-corrected chi connectivity index (χ0v) is 16.0. The van der Waals surface area contributed by atoms with Crippen LogP contribution in [0, 0.1) is 21.7 Å². The Morgan fingerprint density at radius 1 is 1.08 bits per heavy atom. The summed E-state index contributed by atoms with van der Waals surface area (Å²) in [5, 5.41) is 0. The number of hydrogen-bond acceptors (Lipinski definition) is 3. The molecule has 4 nitrogen and oxygen atoms in total. The first-order valence-corrected chi connectivity index (χ1v) is 9.41. The van der Waals surface area contributed by atoms with Gasteiger partial charge in [-0.1, -0.05) is 34.6 Å². The number of amides is 1. The number of hydrogen-bond donors (Lipinski definition) is 0. The van der Waals surface area contributed by atoms with E-state index in [0.717, 1.165) is 32.2 Å². The van der Waals surface area contributed by atoms with Crippen molar-refractivity contribution in [3.63, 3.8) is 0 Å². The molecule has 2 heterocycles. The molecule has 1 amide bonds. The second-order valence-electron chi connectivity index (χ2n) is 10.8. The maximum absolute atomic E-state index is 13.7. The Bertz CT molecular complexity index is 639. The standard InChI is InChI=1S/C20H31NO3/c1-16(2)9-13-10-18(5,11-16)12-21(13)14(22)20-8-7-19(6,15(23)24-20)17(20,3)4/h13H,7-12H2,1-6H3/t13?,18?,19-,20+/m0/s1. The van der Waals surface area contributed by atoms with Crippen LogP contribution in [0.3, 0.4) is 0 Å². The minimum atomic E-state index is -0.948. The van der Waals surface area contributed by atoms with E-state index in [2.05, 4.69) is 39.5 Å². The summed E-state index contributed by atoms with van der Waals surface area (Å²) in [5.74, 6) is -0.102. The topological polar surface area (TPSA) is 46.6 Å². The van der Waals surface area contributed by atoms with E-state index in [1.807, 2.05) is 6.92 Å². The van der Waals surface area contributed by atoms with E-state index < -0.39 is 16.4 Å². The first kappa shape index (κ1) is 16.4. The van der Waals surface area contributed by atoms with Crippen LogP contribution >= 0.6 is 0 Å². The van der Waals surface area contributed by atoms with Crippen LogP contribution in [-0.2, 0) is 14.3 Å². The molecule has 4 atom stereocenters. The maximum Gasteiger partial charge on any atom is 0.313 e. The molecule has 0 aromatic heterocycles. The first-order chi connectivity index (χ1) is 10.9. The SMILES string of the molecule is CC1(C)CC2CC(C)(CN2C(=O)[C@@]23CC[C@@](C)(C(=O)O2)C3(C)C)C1. The molecular weight excluding hydrogens is 302 g/mol. The molecule has 2 aliphatic heterocycles. The summed E-state index contributed by atoms with van der Waals surface area (Å²) in [6, 6.07) is 0.294. The lowest BCUT2D eigenvalue weighted by Gasteiger charge is -2.41. The van der Waals surface area contributed by atoms with E-state index in [9.17, 15) is 9.59 Å². The summed E-state index contributed by atoms with van der Waals surface area (Å²) < 4.78 is 5.84. The molecule has 4 bridgehead atoms. The molecule has 2 saturated heterocycles. The van der Waals surface area contributed by atoms with Crippen molar-refractivity contribution in [2.75, 3.05) is 6.54 Å². The Morgan fingerprint density at radius 3 is 2.29 bits per heavy atom. The summed E-state index contributed by atoms with van der Waals surface area (Å²) in [7, 11) is 0. The fourth-order valence-electron chi connectivity index (χ4n) is 6.65. The largest absolute Gasteiger partial charge is 0.448 e. The van der Waals surface area contributed by atoms with Gasteiger partial charge in [-0.2, -0.15) is 0 Å². The molecular formula is C20H31NO3. The predicted molar refractivity (Wildman–Crippen MR) is 91.2 cm³/mol. The highest BCUT2D eigenvalue weighted by Gasteiger charge is 2.76. The highest BCUT2D eigenvalue weighted by Crippen LogP contribution is 2.66. The molecule has 0 spiro atoms. The molecule has 4 aliphatic rings. The van der Waals surface area contributed by atoms with Crippen LogP contribution in [-0.4, -0.2) is 35.0 Å². The van der Waals surface area contributed by atoms with E-state index >= 15 is 0 Å². The van der Waals surface area contributed by atoms with E-state index in [0.29, 0.717) is 12.5 Å². The lowest BCUT2D eigenvalue weighted by Crippen LogP contribution is -2.56.